The molecule has 2 fully saturated rings. The van der Waals surface area contributed by atoms with Crippen LogP contribution in [0, 0.1) is 75.8 Å². The lowest BCUT2D eigenvalue weighted by molar-refractivity contribution is -0.190. The Morgan fingerprint density at radius 2 is 0.725 bits per heavy atom. The van der Waals surface area contributed by atoms with Gasteiger partial charge in [0, 0.05) is 32.7 Å². The van der Waals surface area contributed by atoms with E-state index in [-0.39, 0.29) is 49.7 Å². The minimum atomic E-state index is -4.72. The SMILES string of the molecule is CC1CCC(c2ccc(-c3cc(F)c(C(F)(F)Oc4cc(F)c(F)c(F)c4)c(F)c3)c(F)c2)CC1.CC1CCC(c2ccc(-c3cc(F)c(C(F)(F)Oc4cc(F)c(F)c(F)c4)c(F)c3)cc2)CC1.[HH].[HH]. The fraction of sp³-hybridized carbons (Fsp3) is 0.308. The fourth-order valence-corrected chi connectivity index (χ4v) is 8.76. The molecule has 2 nitrogen and oxygen atoms in total. The predicted octanol–water partition coefficient (Wildman–Crippen LogP) is 17.6. The van der Waals surface area contributed by atoms with Gasteiger partial charge in [-0.25, -0.2) is 48.3 Å². The van der Waals surface area contributed by atoms with E-state index in [0.29, 0.717) is 35.4 Å². The Labute approximate surface area is 389 Å². The van der Waals surface area contributed by atoms with Crippen molar-refractivity contribution in [2.24, 2.45) is 11.8 Å². The molecule has 0 N–H and O–H groups in total. The number of rotatable bonds is 10. The Hall–Kier alpha value is -6.13. The summed E-state index contributed by atoms with van der Waals surface area (Å²) in [5.41, 5.74) is -1.73. The number of alkyl halides is 4. The molecule has 2 aliphatic rings. The zero-order valence-corrected chi connectivity index (χ0v) is 36.6. The Morgan fingerprint density at radius 1 is 0.377 bits per heavy atom. The van der Waals surface area contributed by atoms with Gasteiger partial charge in [-0.3, -0.25) is 0 Å². The Balaban J connectivity index is 0.000000257. The molecule has 2 saturated carbocycles. The lowest BCUT2D eigenvalue weighted by atomic mass is 9.79. The summed E-state index contributed by atoms with van der Waals surface area (Å²) in [7, 11) is 0. The molecule has 0 radical (unpaired) electrons. The van der Waals surface area contributed by atoms with Gasteiger partial charge >= 0.3 is 12.2 Å². The first-order chi connectivity index (χ1) is 32.5. The molecule has 0 heterocycles. The van der Waals surface area contributed by atoms with Gasteiger partial charge in [-0.05, 0) is 108 Å². The highest BCUT2D eigenvalue weighted by molar-refractivity contribution is 5.66. The van der Waals surface area contributed by atoms with Gasteiger partial charge in [0.25, 0.3) is 0 Å². The molecule has 6 aromatic rings. The van der Waals surface area contributed by atoms with E-state index in [4.69, 9.17) is 0 Å². The summed E-state index contributed by atoms with van der Waals surface area (Å²) in [5.74, 6) is -19.0. The normalized spacial score (nSPS) is 18.6. The van der Waals surface area contributed by atoms with Crippen LogP contribution in [0.3, 0.4) is 0 Å². The predicted molar refractivity (Wildman–Crippen MR) is 230 cm³/mol. The van der Waals surface area contributed by atoms with Crippen LogP contribution in [0.15, 0.2) is 91.0 Å². The molecule has 0 aliphatic heterocycles. The fourth-order valence-electron chi connectivity index (χ4n) is 8.76. The molecule has 0 atom stereocenters. The van der Waals surface area contributed by atoms with Gasteiger partial charge in [0.1, 0.15) is 51.7 Å². The van der Waals surface area contributed by atoms with Crippen molar-refractivity contribution in [2.75, 3.05) is 0 Å². The van der Waals surface area contributed by atoms with E-state index in [2.05, 4.69) is 23.3 Å². The summed E-state index contributed by atoms with van der Waals surface area (Å²) in [6, 6.07) is 14.4. The second kappa shape index (κ2) is 20.5. The number of hydrogen-bond acceptors (Lipinski definition) is 2. The average Bonchev–Trinajstić information content (AvgIpc) is 3.27. The summed E-state index contributed by atoms with van der Waals surface area (Å²) in [6.45, 7) is 4.37. The molecule has 17 heteroatoms. The summed E-state index contributed by atoms with van der Waals surface area (Å²) in [6.07, 6.45) is -1.11. The molecule has 0 unspecified atom stereocenters. The van der Waals surface area contributed by atoms with Gasteiger partial charge in [0.15, 0.2) is 34.9 Å². The molecule has 0 bridgehead atoms. The van der Waals surface area contributed by atoms with Crippen molar-refractivity contribution in [3.63, 3.8) is 0 Å². The lowest BCUT2D eigenvalue weighted by Gasteiger charge is -2.26. The highest BCUT2D eigenvalue weighted by atomic mass is 19.3. The molecular weight excluding hydrogens is 942 g/mol. The maximum atomic E-state index is 14.8. The molecule has 0 saturated heterocycles. The highest BCUT2D eigenvalue weighted by Gasteiger charge is 2.43. The second-order valence-corrected chi connectivity index (χ2v) is 17.5. The van der Waals surface area contributed by atoms with Gasteiger partial charge in [0.05, 0.1) is 0 Å². The first-order valence-electron chi connectivity index (χ1n) is 21.8. The van der Waals surface area contributed by atoms with Crippen molar-refractivity contribution in [1.29, 1.82) is 0 Å². The third-order valence-electron chi connectivity index (χ3n) is 12.6. The molecule has 69 heavy (non-hydrogen) atoms. The molecule has 0 spiro atoms. The van der Waals surface area contributed by atoms with Crippen molar-refractivity contribution in [1.82, 2.24) is 0 Å². The van der Waals surface area contributed by atoms with E-state index < -0.39 is 98.8 Å². The van der Waals surface area contributed by atoms with Crippen LogP contribution in [0.2, 0.25) is 0 Å². The first-order valence-corrected chi connectivity index (χ1v) is 21.8. The molecule has 2 aliphatic carbocycles. The van der Waals surface area contributed by atoms with Crippen molar-refractivity contribution in [3.8, 4) is 33.8 Å². The largest absolute Gasteiger partial charge is 0.432 e. The van der Waals surface area contributed by atoms with Crippen LogP contribution < -0.4 is 9.47 Å². The summed E-state index contributed by atoms with van der Waals surface area (Å²) < 4.78 is 219. The Morgan fingerprint density at radius 3 is 1.10 bits per heavy atom. The third-order valence-corrected chi connectivity index (χ3v) is 12.6. The topological polar surface area (TPSA) is 18.5 Å². The first kappa shape index (κ1) is 50.7. The van der Waals surface area contributed by atoms with Gasteiger partial charge in [0.2, 0.25) is 0 Å². The Bertz CT molecular complexity index is 2730. The molecule has 6 aromatic carbocycles. The van der Waals surface area contributed by atoms with E-state index in [0.717, 1.165) is 74.6 Å². The van der Waals surface area contributed by atoms with Crippen LogP contribution in [-0.4, -0.2) is 0 Å². The average molecular weight is 987 g/mol. The monoisotopic (exact) mass is 986 g/mol. The standard InChI is InChI=1S/C26H20F8O.C26H21F7O.2H2/c1-13-2-4-14(5-3-13)15-6-7-18(19(27)8-15)16-9-20(28)24(21(29)10-16)26(33,34)35-17-11-22(30)25(32)23(31)12-17;1-14-2-4-15(5-3-14)16-6-8-17(9-7-16)18-10-20(27)24(21(28)11-18)26(32,33)34-19-12-22(29)25(31)23(30)13-19;;/h6-14H,2-5H2,1H3;6-15H,2-5H2,1H3;2*1H. The van der Waals surface area contributed by atoms with Crippen LogP contribution in [0.5, 0.6) is 11.5 Å². The molecule has 370 valence electrons. The zero-order valence-electron chi connectivity index (χ0n) is 36.6. The van der Waals surface area contributed by atoms with Gasteiger partial charge < -0.3 is 9.47 Å². The maximum Gasteiger partial charge on any atom is 0.432 e. The minimum absolute atomic E-state index is 0. The van der Waals surface area contributed by atoms with Gasteiger partial charge in [-0.1, -0.05) is 75.9 Å². The Kier molecular flexibility index (Phi) is 15.0. The van der Waals surface area contributed by atoms with Crippen molar-refractivity contribution >= 4 is 0 Å². The number of ether oxygens (including phenoxy) is 2. The molecule has 8 rings (SSSR count). The van der Waals surface area contributed by atoms with E-state index in [1.165, 1.54) is 12.1 Å². The molecule has 0 amide bonds. The number of hydrogen-bond donors (Lipinski definition) is 0. The van der Waals surface area contributed by atoms with Crippen LogP contribution in [-0.2, 0) is 12.2 Å². The quantitative estimate of drug-likeness (QED) is 0.101. The molecular formula is C52H45F15O2. The number of benzene rings is 6. The van der Waals surface area contributed by atoms with Crippen molar-refractivity contribution < 1.29 is 78.2 Å². The van der Waals surface area contributed by atoms with E-state index >= 15 is 0 Å². The zero-order chi connectivity index (χ0) is 50.1. The van der Waals surface area contributed by atoms with Crippen molar-refractivity contribution in [2.45, 2.75) is 89.3 Å². The highest BCUT2D eigenvalue weighted by Crippen LogP contribution is 2.42. The third kappa shape index (κ3) is 11.5. The van der Waals surface area contributed by atoms with E-state index in [1.807, 2.05) is 12.1 Å². The van der Waals surface area contributed by atoms with E-state index in [9.17, 15) is 65.9 Å². The summed E-state index contributed by atoms with van der Waals surface area (Å²) in [4.78, 5) is 0. The van der Waals surface area contributed by atoms with Crippen LogP contribution in [0.1, 0.15) is 102 Å². The van der Waals surface area contributed by atoms with Crippen LogP contribution >= 0.6 is 0 Å². The van der Waals surface area contributed by atoms with Crippen LogP contribution in [0.25, 0.3) is 22.3 Å². The summed E-state index contributed by atoms with van der Waals surface area (Å²) >= 11 is 0. The molecule has 0 aromatic heterocycles. The maximum absolute atomic E-state index is 14.8. The lowest BCUT2D eigenvalue weighted by Crippen LogP contribution is -2.25. The van der Waals surface area contributed by atoms with Crippen LogP contribution in [0.4, 0.5) is 65.9 Å². The van der Waals surface area contributed by atoms with E-state index in [1.54, 1.807) is 18.2 Å². The summed E-state index contributed by atoms with van der Waals surface area (Å²) in [5, 5.41) is 0. The minimum Gasteiger partial charge on any atom is -0.429 e. The second-order valence-electron chi connectivity index (χ2n) is 17.5. The number of halogens is 15. The van der Waals surface area contributed by atoms with Gasteiger partial charge in [-0.2, -0.15) is 17.6 Å². The smallest absolute Gasteiger partial charge is 0.429 e. The van der Waals surface area contributed by atoms with Gasteiger partial charge in [-0.15, -0.1) is 0 Å². The van der Waals surface area contributed by atoms with Crippen molar-refractivity contribution in [3.05, 3.63) is 177 Å².